The number of allylic oxidation sites excluding steroid dienone is 2. The van der Waals surface area contributed by atoms with Gasteiger partial charge in [-0.25, -0.2) is 9.37 Å². The van der Waals surface area contributed by atoms with Crippen LogP contribution >= 0.6 is 0 Å². The number of anilines is 1. The summed E-state index contributed by atoms with van der Waals surface area (Å²) in [6.07, 6.45) is 3.62. The number of hydrogen-bond acceptors (Lipinski definition) is 5. The first-order chi connectivity index (χ1) is 13.6. The predicted molar refractivity (Wildman–Crippen MR) is 100 cm³/mol. The summed E-state index contributed by atoms with van der Waals surface area (Å²) in [4.78, 5) is 21.2. The van der Waals surface area contributed by atoms with E-state index < -0.39 is 6.17 Å². The van der Waals surface area contributed by atoms with Crippen molar-refractivity contribution in [2.45, 2.75) is 13.1 Å². The lowest BCUT2D eigenvalue weighted by Crippen LogP contribution is -2.15. The van der Waals surface area contributed by atoms with Crippen molar-refractivity contribution in [3.05, 3.63) is 72.0 Å². The van der Waals surface area contributed by atoms with Crippen LogP contribution in [-0.2, 0) is 0 Å². The van der Waals surface area contributed by atoms with Gasteiger partial charge in [0.1, 0.15) is 17.5 Å². The minimum atomic E-state index is -1.10. The Balaban J connectivity index is 1.44. The highest BCUT2D eigenvalue weighted by Gasteiger charge is 2.31. The molecule has 4 aromatic rings. The van der Waals surface area contributed by atoms with Crippen LogP contribution in [0, 0.1) is 6.92 Å². The van der Waals surface area contributed by atoms with Gasteiger partial charge in [-0.3, -0.25) is 9.20 Å². The number of carbonyl (C=O) groups excluding carboxylic acids is 1. The molecule has 1 amide bonds. The molecule has 0 saturated carbocycles. The molecule has 3 aromatic heterocycles. The topological polar surface area (TPSA) is 85.3 Å². The lowest BCUT2D eigenvalue weighted by Gasteiger charge is -2.09. The lowest BCUT2D eigenvalue weighted by molar-refractivity contribution is 0.102. The van der Waals surface area contributed by atoms with E-state index in [1.807, 2.05) is 37.3 Å². The van der Waals surface area contributed by atoms with Gasteiger partial charge in [0.05, 0.1) is 11.8 Å². The molecule has 0 aliphatic heterocycles. The first-order valence-electron chi connectivity index (χ1n) is 8.64. The third kappa shape index (κ3) is 2.75. The molecule has 3 heterocycles. The number of fused-ring (bicyclic) bond motifs is 1. The van der Waals surface area contributed by atoms with E-state index in [2.05, 4.69) is 20.4 Å². The minimum Gasteiger partial charge on any atom is -0.334 e. The maximum absolute atomic E-state index is 13.1. The van der Waals surface area contributed by atoms with Crippen molar-refractivity contribution < 1.29 is 13.7 Å². The second kappa shape index (κ2) is 6.12. The van der Waals surface area contributed by atoms with E-state index in [9.17, 15) is 9.18 Å². The van der Waals surface area contributed by atoms with E-state index in [0.717, 1.165) is 5.56 Å². The molecule has 138 valence electrons. The molecule has 1 aliphatic rings. The van der Waals surface area contributed by atoms with Crippen LogP contribution in [0.25, 0.3) is 22.6 Å². The van der Waals surface area contributed by atoms with Crippen molar-refractivity contribution >= 4 is 22.8 Å². The Hall–Kier alpha value is -3.81. The fourth-order valence-electron chi connectivity index (χ4n) is 2.94. The molecule has 1 N–H and O–H groups in total. The molecule has 1 aliphatic carbocycles. The smallest absolute Gasteiger partial charge is 0.274 e. The molecular weight excluding hydrogens is 361 g/mol. The van der Waals surface area contributed by atoms with Gasteiger partial charge in [0.2, 0.25) is 5.82 Å². The number of nitrogens with zero attached hydrogens (tertiary/aromatic N) is 4. The summed E-state index contributed by atoms with van der Waals surface area (Å²) in [5.74, 6) is 0.232. The zero-order valence-corrected chi connectivity index (χ0v) is 14.8. The Kier molecular flexibility index (Phi) is 3.58. The molecule has 5 rings (SSSR count). The van der Waals surface area contributed by atoms with Crippen molar-refractivity contribution in [1.82, 2.24) is 19.5 Å². The molecule has 0 fully saturated rings. The molecule has 0 radical (unpaired) electrons. The Morgan fingerprint density at radius 1 is 1.29 bits per heavy atom. The number of nitrogens with one attached hydrogen (secondary N) is 1. The van der Waals surface area contributed by atoms with Crippen LogP contribution in [0.1, 0.15) is 21.9 Å². The second-order valence-electron chi connectivity index (χ2n) is 6.50. The molecule has 1 aromatic carbocycles. The van der Waals surface area contributed by atoms with Crippen molar-refractivity contribution in [3.8, 4) is 11.4 Å². The fraction of sp³-hybridized carbons (Fsp3) is 0.100. The maximum Gasteiger partial charge on any atom is 0.274 e. The van der Waals surface area contributed by atoms with Crippen molar-refractivity contribution in [1.29, 1.82) is 0 Å². The number of alkyl halides is 1. The van der Waals surface area contributed by atoms with Gasteiger partial charge in [-0.05, 0) is 36.8 Å². The number of aromatic nitrogens is 4. The van der Waals surface area contributed by atoms with E-state index >= 15 is 0 Å². The monoisotopic (exact) mass is 375 g/mol. The zero-order chi connectivity index (χ0) is 19.3. The highest BCUT2D eigenvalue weighted by atomic mass is 19.1. The van der Waals surface area contributed by atoms with Crippen LogP contribution in [0.15, 0.2) is 59.4 Å². The van der Waals surface area contributed by atoms with Gasteiger partial charge in [0, 0.05) is 17.4 Å². The number of aryl methyl sites for hydroxylation is 1. The maximum atomic E-state index is 13.1. The van der Waals surface area contributed by atoms with E-state index in [1.165, 1.54) is 12.3 Å². The van der Waals surface area contributed by atoms with Crippen LogP contribution in [0.5, 0.6) is 0 Å². The number of benzene rings is 1. The molecule has 1 unspecified atom stereocenters. The number of rotatable bonds is 4. The zero-order valence-electron chi connectivity index (χ0n) is 14.8. The number of halogens is 1. The average Bonchev–Trinajstić information content (AvgIpc) is 3.12. The van der Waals surface area contributed by atoms with Crippen LogP contribution in [0.3, 0.4) is 0 Å². The molecule has 28 heavy (non-hydrogen) atoms. The van der Waals surface area contributed by atoms with Gasteiger partial charge in [-0.15, -0.1) is 0 Å². The number of hydrogen-bond donors (Lipinski definition) is 1. The molecule has 1 atom stereocenters. The minimum absolute atomic E-state index is 0.180. The molecule has 0 bridgehead atoms. The highest BCUT2D eigenvalue weighted by molar-refractivity contribution is 6.04. The standard InChI is InChI=1S/C20H14FN5O2/c1-11-5-6-12(18-24-20(28-25-18)13-9-14(13)21)8-15(11)23-19(27)16-10-22-17-4-2-3-7-26(16)17/h2-10,14H,1H3,(H,23,27). The number of amides is 1. The van der Waals surface area contributed by atoms with E-state index in [0.29, 0.717) is 34.0 Å². The summed E-state index contributed by atoms with van der Waals surface area (Å²) in [5, 5.41) is 6.81. The van der Waals surface area contributed by atoms with Crippen LogP contribution in [0.2, 0.25) is 0 Å². The number of pyridine rings is 1. The molecule has 0 spiro atoms. The van der Waals surface area contributed by atoms with Gasteiger partial charge >= 0.3 is 0 Å². The summed E-state index contributed by atoms with van der Waals surface area (Å²) in [5.41, 5.74) is 3.68. The highest BCUT2D eigenvalue weighted by Crippen LogP contribution is 2.34. The second-order valence-corrected chi connectivity index (χ2v) is 6.50. The van der Waals surface area contributed by atoms with Gasteiger partial charge in [-0.2, -0.15) is 4.98 Å². The van der Waals surface area contributed by atoms with Crippen LogP contribution in [0.4, 0.5) is 10.1 Å². The molecular formula is C20H14FN5O2. The normalized spacial score (nSPS) is 15.5. The molecule has 7 nitrogen and oxygen atoms in total. The van der Waals surface area contributed by atoms with Gasteiger partial charge in [0.15, 0.2) is 0 Å². The largest absolute Gasteiger partial charge is 0.334 e. The first-order valence-corrected chi connectivity index (χ1v) is 8.64. The summed E-state index contributed by atoms with van der Waals surface area (Å²) in [7, 11) is 0. The fourth-order valence-corrected chi connectivity index (χ4v) is 2.94. The van der Waals surface area contributed by atoms with Crippen molar-refractivity contribution in [2.24, 2.45) is 0 Å². The average molecular weight is 375 g/mol. The number of imidazole rings is 1. The summed E-state index contributed by atoms with van der Waals surface area (Å²) in [6, 6.07) is 11.0. The van der Waals surface area contributed by atoms with Crippen LogP contribution in [-0.4, -0.2) is 31.6 Å². The third-order valence-electron chi connectivity index (χ3n) is 4.58. The summed E-state index contributed by atoms with van der Waals surface area (Å²) >= 11 is 0. The predicted octanol–water partition coefficient (Wildman–Crippen LogP) is 3.68. The van der Waals surface area contributed by atoms with E-state index in [1.54, 1.807) is 16.7 Å². The van der Waals surface area contributed by atoms with E-state index in [-0.39, 0.29) is 11.8 Å². The van der Waals surface area contributed by atoms with Crippen LogP contribution < -0.4 is 5.32 Å². The van der Waals surface area contributed by atoms with Crippen molar-refractivity contribution in [2.75, 3.05) is 5.32 Å². The van der Waals surface area contributed by atoms with E-state index in [4.69, 9.17) is 4.52 Å². The third-order valence-corrected chi connectivity index (χ3v) is 4.58. The summed E-state index contributed by atoms with van der Waals surface area (Å²) < 4.78 is 19.9. The first kappa shape index (κ1) is 16.4. The Labute approximate surface area is 158 Å². The summed E-state index contributed by atoms with van der Waals surface area (Å²) in [6.45, 7) is 1.89. The Morgan fingerprint density at radius 3 is 2.96 bits per heavy atom. The van der Waals surface area contributed by atoms with Gasteiger partial charge in [-0.1, -0.05) is 23.4 Å². The lowest BCUT2D eigenvalue weighted by atomic mass is 10.1. The SMILES string of the molecule is Cc1ccc(-c2noc(C3=CC3F)n2)cc1NC(=O)c1cnc2ccccn12. The molecule has 8 heteroatoms. The molecule has 0 saturated heterocycles. The van der Waals surface area contributed by atoms with Gasteiger partial charge < -0.3 is 9.84 Å². The quantitative estimate of drug-likeness (QED) is 0.588. The van der Waals surface area contributed by atoms with Crippen molar-refractivity contribution in [3.63, 3.8) is 0 Å². The van der Waals surface area contributed by atoms with Gasteiger partial charge in [0.25, 0.3) is 11.8 Å². The number of carbonyl (C=O) groups is 1. The Morgan fingerprint density at radius 2 is 2.14 bits per heavy atom. The Bertz CT molecular complexity index is 1260.